The molecule has 2 aliphatic heterocycles. The minimum atomic E-state index is -0.233. The maximum absolute atomic E-state index is 11.7. The lowest BCUT2D eigenvalue weighted by Crippen LogP contribution is -2.37. The first-order valence-corrected chi connectivity index (χ1v) is 5.77. The third kappa shape index (κ3) is 2.00. The molecule has 0 unspecified atom stereocenters. The summed E-state index contributed by atoms with van der Waals surface area (Å²) in [6, 6.07) is 0. The number of morpholine rings is 1. The molecule has 1 aromatic heterocycles. The first kappa shape index (κ1) is 11.0. The van der Waals surface area contributed by atoms with Gasteiger partial charge in [0, 0.05) is 25.5 Å². The number of carbonyl (C=O) groups excluding carboxylic acids is 1. The number of hydrazine groups is 1. The summed E-state index contributed by atoms with van der Waals surface area (Å²) < 4.78 is 5.29. The average molecular weight is 247 g/mol. The topological polar surface area (TPSA) is 79.4 Å². The van der Waals surface area contributed by atoms with Crippen LogP contribution in [-0.2, 0) is 4.74 Å². The highest BCUT2D eigenvalue weighted by atomic mass is 16.5. The lowest BCUT2D eigenvalue weighted by Gasteiger charge is -2.26. The van der Waals surface area contributed by atoms with Crippen molar-refractivity contribution < 1.29 is 9.53 Å². The number of carbonyl (C=O) groups is 1. The zero-order valence-electron chi connectivity index (χ0n) is 9.72. The van der Waals surface area contributed by atoms with Crippen molar-refractivity contribution >= 4 is 17.9 Å². The Bertz CT molecular complexity index is 496. The molecule has 0 aromatic carbocycles. The molecule has 7 heteroatoms. The quantitative estimate of drug-likeness (QED) is 0.698. The Balaban J connectivity index is 1.93. The smallest absolute Gasteiger partial charge is 0.273 e. The molecule has 94 valence electrons. The van der Waals surface area contributed by atoms with Crippen LogP contribution < -0.4 is 15.8 Å². The van der Waals surface area contributed by atoms with Crippen molar-refractivity contribution in [2.24, 2.45) is 0 Å². The van der Waals surface area contributed by atoms with E-state index in [2.05, 4.69) is 20.8 Å². The molecular weight excluding hydrogens is 234 g/mol. The van der Waals surface area contributed by atoms with E-state index >= 15 is 0 Å². The van der Waals surface area contributed by atoms with E-state index < -0.39 is 0 Å². The van der Waals surface area contributed by atoms with Crippen LogP contribution in [0.3, 0.4) is 0 Å². The Kier molecular flexibility index (Phi) is 2.81. The molecule has 1 fully saturated rings. The highest BCUT2D eigenvalue weighted by Crippen LogP contribution is 2.15. The van der Waals surface area contributed by atoms with Crippen LogP contribution in [0.25, 0.3) is 6.08 Å². The SMILES string of the molecule is O=C1NNC=Cc2nc(N3CCOCC3)ncc21. The number of nitrogens with one attached hydrogen (secondary N) is 2. The zero-order valence-corrected chi connectivity index (χ0v) is 9.72. The summed E-state index contributed by atoms with van der Waals surface area (Å²) in [5.41, 5.74) is 6.26. The molecule has 0 radical (unpaired) electrons. The Labute approximate surface area is 104 Å². The van der Waals surface area contributed by atoms with Gasteiger partial charge in [0.05, 0.1) is 24.5 Å². The molecule has 0 bridgehead atoms. The van der Waals surface area contributed by atoms with Crippen molar-refractivity contribution in [1.82, 2.24) is 20.8 Å². The number of nitrogens with zero attached hydrogens (tertiary/aromatic N) is 3. The van der Waals surface area contributed by atoms with Gasteiger partial charge in [-0.05, 0) is 6.08 Å². The highest BCUT2D eigenvalue weighted by molar-refractivity contribution is 5.97. The number of aromatic nitrogens is 2. The van der Waals surface area contributed by atoms with Crippen LogP contribution >= 0.6 is 0 Å². The van der Waals surface area contributed by atoms with Gasteiger partial charge in [0.15, 0.2) is 0 Å². The molecule has 2 aliphatic rings. The van der Waals surface area contributed by atoms with Gasteiger partial charge >= 0.3 is 0 Å². The zero-order chi connectivity index (χ0) is 12.4. The first-order valence-electron chi connectivity index (χ1n) is 5.77. The molecule has 1 amide bonds. The van der Waals surface area contributed by atoms with Crippen molar-refractivity contribution in [1.29, 1.82) is 0 Å². The summed E-state index contributed by atoms with van der Waals surface area (Å²) >= 11 is 0. The molecule has 0 atom stereocenters. The summed E-state index contributed by atoms with van der Waals surface area (Å²) in [4.78, 5) is 22.4. The number of rotatable bonds is 1. The summed E-state index contributed by atoms with van der Waals surface area (Å²) in [6.07, 6.45) is 4.94. The van der Waals surface area contributed by atoms with Crippen molar-refractivity contribution in [2.45, 2.75) is 0 Å². The van der Waals surface area contributed by atoms with E-state index in [0.29, 0.717) is 30.4 Å². The number of hydrogen-bond acceptors (Lipinski definition) is 6. The van der Waals surface area contributed by atoms with Gasteiger partial charge < -0.3 is 15.1 Å². The molecule has 0 spiro atoms. The van der Waals surface area contributed by atoms with E-state index in [0.717, 1.165) is 13.1 Å². The van der Waals surface area contributed by atoms with E-state index in [1.807, 2.05) is 4.90 Å². The maximum Gasteiger partial charge on any atom is 0.273 e. The third-order valence-electron chi connectivity index (χ3n) is 2.85. The Hall–Kier alpha value is -2.15. The summed E-state index contributed by atoms with van der Waals surface area (Å²) in [5, 5.41) is 0. The Morgan fingerprint density at radius 2 is 2.17 bits per heavy atom. The highest BCUT2D eigenvalue weighted by Gasteiger charge is 2.18. The second-order valence-electron chi connectivity index (χ2n) is 4.00. The summed E-state index contributed by atoms with van der Waals surface area (Å²) in [7, 11) is 0. The molecule has 1 saturated heterocycles. The fourth-order valence-corrected chi connectivity index (χ4v) is 1.90. The van der Waals surface area contributed by atoms with E-state index in [1.54, 1.807) is 18.5 Å². The van der Waals surface area contributed by atoms with Crippen molar-refractivity contribution in [2.75, 3.05) is 31.2 Å². The fraction of sp³-hybridized carbons (Fsp3) is 0.364. The van der Waals surface area contributed by atoms with Gasteiger partial charge in [-0.1, -0.05) is 0 Å². The van der Waals surface area contributed by atoms with Crippen LogP contribution in [0.4, 0.5) is 5.95 Å². The summed E-state index contributed by atoms with van der Waals surface area (Å²) in [6.45, 7) is 2.90. The normalized spacial score (nSPS) is 18.7. The number of anilines is 1. The number of ether oxygens (including phenoxy) is 1. The lowest BCUT2D eigenvalue weighted by molar-refractivity contribution is 0.0941. The number of amides is 1. The molecule has 3 heterocycles. The minimum Gasteiger partial charge on any atom is -0.378 e. The molecule has 1 aromatic rings. The predicted octanol–water partition coefficient (Wildman–Crippen LogP) is -0.468. The van der Waals surface area contributed by atoms with Gasteiger partial charge in [-0.15, -0.1) is 0 Å². The molecule has 0 saturated carbocycles. The van der Waals surface area contributed by atoms with Crippen LogP contribution in [-0.4, -0.2) is 42.2 Å². The van der Waals surface area contributed by atoms with E-state index in [9.17, 15) is 4.79 Å². The predicted molar refractivity (Wildman–Crippen MR) is 64.7 cm³/mol. The molecule has 3 rings (SSSR count). The van der Waals surface area contributed by atoms with Gasteiger partial charge in [-0.2, -0.15) is 0 Å². The van der Waals surface area contributed by atoms with Gasteiger partial charge in [0.1, 0.15) is 0 Å². The van der Waals surface area contributed by atoms with Crippen LogP contribution in [0.15, 0.2) is 12.4 Å². The molecule has 2 N–H and O–H groups in total. The van der Waals surface area contributed by atoms with Gasteiger partial charge in [-0.3, -0.25) is 10.2 Å². The lowest BCUT2D eigenvalue weighted by atomic mass is 10.2. The van der Waals surface area contributed by atoms with Gasteiger partial charge in [-0.25, -0.2) is 9.97 Å². The van der Waals surface area contributed by atoms with Gasteiger partial charge in [0.25, 0.3) is 5.91 Å². The van der Waals surface area contributed by atoms with Crippen LogP contribution in [0.5, 0.6) is 0 Å². The van der Waals surface area contributed by atoms with E-state index in [4.69, 9.17) is 4.74 Å². The van der Waals surface area contributed by atoms with Crippen molar-refractivity contribution in [3.8, 4) is 0 Å². The van der Waals surface area contributed by atoms with E-state index in [-0.39, 0.29) is 5.91 Å². The summed E-state index contributed by atoms with van der Waals surface area (Å²) in [5.74, 6) is 0.403. The second-order valence-corrected chi connectivity index (χ2v) is 4.00. The standard InChI is InChI=1S/C11H13N5O2/c17-10-8-7-12-11(16-3-5-18-6-4-16)14-9(8)1-2-13-15-10/h1-2,7,13H,3-6H2,(H,15,17). The number of fused-ring (bicyclic) bond motifs is 1. The fourth-order valence-electron chi connectivity index (χ4n) is 1.90. The number of hydrogen-bond donors (Lipinski definition) is 2. The Morgan fingerprint density at radius 1 is 1.33 bits per heavy atom. The second kappa shape index (κ2) is 4.61. The minimum absolute atomic E-state index is 0.233. The monoisotopic (exact) mass is 247 g/mol. The van der Waals surface area contributed by atoms with E-state index in [1.165, 1.54) is 0 Å². The molecular formula is C11H13N5O2. The van der Waals surface area contributed by atoms with Crippen LogP contribution in [0.1, 0.15) is 16.1 Å². The Morgan fingerprint density at radius 3 is 3.00 bits per heavy atom. The van der Waals surface area contributed by atoms with Crippen LogP contribution in [0.2, 0.25) is 0 Å². The molecule has 0 aliphatic carbocycles. The average Bonchev–Trinajstić information content (AvgIpc) is 2.61. The molecule has 18 heavy (non-hydrogen) atoms. The first-order chi connectivity index (χ1) is 8.84. The molecule has 7 nitrogen and oxygen atoms in total. The van der Waals surface area contributed by atoms with Crippen molar-refractivity contribution in [3.05, 3.63) is 23.7 Å². The van der Waals surface area contributed by atoms with Crippen molar-refractivity contribution in [3.63, 3.8) is 0 Å². The van der Waals surface area contributed by atoms with Crippen LogP contribution in [0, 0.1) is 0 Å². The van der Waals surface area contributed by atoms with Gasteiger partial charge in [0.2, 0.25) is 5.95 Å². The largest absolute Gasteiger partial charge is 0.378 e. The maximum atomic E-state index is 11.7. The third-order valence-corrected chi connectivity index (χ3v) is 2.85.